The Hall–Kier alpha value is -1.26. The van der Waals surface area contributed by atoms with Gasteiger partial charge in [0.15, 0.2) is 0 Å². The van der Waals surface area contributed by atoms with Gasteiger partial charge < -0.3 is 14.5 Å². The van der Waals surface area contributed by atoms with E-state index in [1.807, 2.05) is 14.1 Å². The molecule has 0 aliphatic carbocycles. The Morgan fingerprint density at radius 3 is 2.57 bits per heavy atom. The van der Waals surface area contributed by atoms with E-state index in [2.05, 4.69) is 29.2 Å². The summed E-state index contributed by atoms with van der Waals surface area (Å²) in [7, 11) is 4.02. The number of halogens is 1. The summed E-state index contributed by atoms with van der Waals surface area (Å²) in [5.74, 6) is -0.0217. The lowest BCUT2D eigenvalue weighted by Crippen LogP contribution is -2.37. The highest BCUT2D eigenvalue weighted by Gasteiger charge is 2.22. The second-order valence-electron chi connectivity index (χ2n) is 5.60. The minimum atomic E-state index is -0.0381. The smallest absolute Gasteiger partial charge is 0.237 e. The fourth-order valence-corrected chi connectivity index (χ4v) is 2.66. The number of alkyl halides is 1. The van der Waals surface area contributed by atoms with Crippen LogP contribution in [-0.2, 0) is 16.1 Å². The molecule has 21 heavy (non-hydrogen) atoms. The Bertz CT molecular complexity index is 456. The molecular weight excluding hydrogens is 288 g/mol. The summed E-state index contributed by atoms with van der Waals surface area (Å²) in [6.07, 6.45) is 2.25. The van der Waals surface area contributed by atoms with Crippen LogP contribution in [0.4, 0.5) is 5.69 Å². The molecule has 2 rings (SSSR count). The van der Waals surface area contributed by atoms with Crippen molar-refractivity contribution in [3.05, 3.63) is 29.8 Å². The van der Waals surface area contributed by atoms with Gasteiger partial charge in [0.2, 0.25) is 5.91 Å². The van der Waals surface area contributed by atoms with Crippen LogP contribution in [0.1, 0.15) is 18.4 Å². The quantitative estimate of drug-likeness (QED) is 0.757. The van der Waals surface area contributed by atoms with Crippen molar-refractivity contribution in [3.63, 3.8) is 0 Å². The third-order valence-corrected chi connectivity index (χ3v) is 3.97. The van der Waals surface area contributed by atoms with Crippen molar-refractivity contribution >= 4 is 23.2 Å². The van der Waals surface area contributed by atoms with Crippen molar-refractivity contribution < 1.29 is 9.53 Å². The van der Waals surface area contributed by atoms with E-state index in [9.17, 15) is 4.79 Å². The first-order chi connectivity index (χ1) is 10.1. The third-order valence-electron chi connectivity index (χ3n) is 3.74. The molecule has 0 bridgehead atoms. The molecule has 1 fully saturated rings. The fourth-order valence-electron chi connectivity index (χ4n) is 2.49. The molecule has 1 saturated heterocycles. The number of hydrogen-bond acceptors (Lipinski definition) is 3. The van der Waals surface area contributed by atoms with Gasteiger partial charge in [-0.25, -0.2) is 0 Å². The van der Waals surface area contributed by atoms with Crippen LogP contribution < -0.4 is 4.90 Å². The summed E-state index contributed by atoms with van der Waals surface area (Å²) in [6, 6.07) is 8.23. The molecule has 1 heterocycles. The molecule has 0 N–H and O–H groups in total. The van der Waals surface area contributed by atoms with E-state index in [1.54, 1.807) is 4.90 Å². The fraction of sp³-hybridized carbons (Fsp3) is 0.562. The SMILES string of the molecule is CN(C)c1ccc(CN(C[C@@H]2CCCO2)C(=O)CCl)cc1. The molecule has 1 amide bonds. The Balaban J connectivity index is 2.01. The van der Waals surface area contributed by atoms with Crippen LogP contribution in [-0.4, -0.2) is 50.0 Å². The molecule has 0 spiro atoms. The van der Waals surface area contributed by atoms with Gasteiger partial charge in [-0.2, -0.15) is 0 Å². The van der Waals surface area contributed by atoms with E-state index < -0.39 is 0 Å². The van der Waals surface area contributed by atoms with Crippen molar-refractivity contribution in [2.45, 2.75) is 25.5 Å². The Morgan fingerprint density at radius 2 is 2.05 bits per heavy atom. The highest BCUT2D eigenvalue weighted by molar-refractivity contribution is 6.27. The standard InChI is InChI=1S/C16H23ClN2O2/c1-18(2)14-7-5-13(6-8-14)11-19(16(20)10-17)12-15-4-3-9-21-15/h5-8,15H,3-4,9-12H2,1-2H3/t15-/m0/s1. The number of carbonyl (C=O) groups excluding carboxylic acids is 1. The summed E-state index contributed by atoms with van der Waals surface area (Å²) < 4.78 is 5.62. The molecule has 5 heteroatoms. The van der Waals surface area contributed by atoms with E-state index in [4.69, 9.17) is 16.3 Å². The van der Waals surface area contributed by atoms with Gasteiger partial charge in [-0.15, -0.1) is 11.6 Å². The van der Waals surface area contributed by atoms with E-state index in [0.717, 1.165) is 30.7 Å². The molecule has 0 radical (unpaired) electrons. The molecule has 1 aromatic rings. The van der Waals surface area contributed by atoms with Gasteiger partial charge in [0.05, 0.1) is 6.10 Å². The van der Waals surface area contributed by atoms with Crippen LogP contribution in [0.3, 0.4) is 0 Å². The van der Waals surface area contributed by atoms with Crippen LogP contribution in [0.15, 0.2) is 24.3 Å². The zero-order chi connectivity index (χ0) is 15.2. The number of amides is 1. The van der Waals surface area contributed by atoms with E-state index in [0.29, 0.717) is 13.1 Å². The largest absolute Gasteiger partial charge is 0.378 e. The summed E-state index contributed by atoms with van der Waals surface area (Å²) in [5, 5.41) is 0. The second kappa shape index (κ2) is 7.66. The lowest BCUT2D eigenvalue weighted by atomic mass is 10.1. The van der Waals surface area contributed by atoms with Crippen LogP contribution in [0.2, 0.25) is 0 Å². The Labute approximate surface area is 131 Å². The summed E-state index contributed by atoms with van der Waals surface area (Å²) in [6.45, 7) is 2.01. The summed E-state index contributed by atoms with van der Waals surface area (Å²) in [4.78, 5) is 15.9. The maximum Gasteiger partial charge on any atom is 0.237 e. The van der Waals surface area contributed by atoms with Gasteiger partial charge in [-0.05, 0) is 30.5 Å². The zero-order valence-electron chi connectivity index (χ0n) is 12.7. The van der Waals surface area contributed by atoms with E-state index in [1.165, 1.54) is 0 Å². The molecule has 1 aliphatic rings. The number of nitrogens with zero attached hydrogens (tertiary/aromatic N) is 2. The van der Waals surface area contributed by atoms with Crippen LogP contribution in [0.25, 0.3) is 0 Å². The molecule has 116 valence electrons. The predicted octanol–water partition coefficient (Wildman–Crippen LogP) is 2.50. The van der Waals surface area contributed by atoms with Gasteiger partial charge in [0, 0.05) is 39.5 Å². The molecule has 1 aliphatic heterocycles. The minimum absolute atomic E-state index is 0.0164. The number of ether oxygens (including phenoxy) is 1. The molecular formula is C16H23ClN2O2. The lowest BCUT2D eigenvalue weighted by molar-refractivity contribution is -0.130. The first-order valence-corrected chi connectivity index (χ1v) is 7.85. The van der Waals surface area contributed by atoms with Crippen LogP contribution in [0, 0.1) is 0 Å². The summed E-state index contributed by atoms with van der Waals surface area (Å²) in [5.41, 5.74) is 2.25. The maximum atomic E-state index is 12.0. The molecule has 1 atom stereocenters. The molecule has 0 unspecified atom stereocenters. The van der Waals surface area contributed by atoms with E-state index in [-0.39, 0.29) is 17.9 Å². The van der Waals surface area contributed by atoms with Gasteiger partial charge in [-0.1, -0.05) is 12.1 Å². The first-order valence-electron chi connectivity index (χ1n) is 7.31. The van der Waals surface area contributed by atoms with E-state index >= 15 is 0 Å². The molecule has 1 aromatic carbocycles. The van der Waals surface area contributed by atoms with Crippen molar-refractivity contribution in [2.75, 3.05) is 38.0 Å². The number of anilines is 1. The normalized spacial score (nSPS) is 17.8. The zero-order valence-corrected chi connectivity index (χ0v) is 13.5. The number of carbonyl (C=O) groups is 1. The third kappa shape index (κ3) is 4.61. The van der Waals surface area contributed by atoms with Crippen molar-refractivity contribution in [3.8, 4) is 0 Å². The minimum Gasteiger partial charge on any atom is -0.378 e. The Morgan fingerprint density at radius 1 is 1.33 bits per heavy atom. The number of benzene rings is 1. The molecule has 0 aromatic heterocycles. The highest BCUT2D eigenvalue weighted by Crippen LogP contribution is 2.17. The lowest BCUT2D eigenvalue weighted by Gasteiger charge is -2.25. The topological polar surface area (TPSA) is 32.8 Å². The van der Waals surface area contributed by atoms with Gasteiger partial charge in [0.1, 0.15) is 5.88 Å². The van der Waals surface area contributed by atoms with Crippen molar-refractivity contribution in [2.24, 2.45) is 0 Å². The Kier molecular flexibility index (Phi) is 5.88. The number of rotatable bonds is 6. The molecule has 0 saturated carbocycles. The van der Waals surface area contributed by atoms with Crippen LogP contribution in [0.5, 0.6) is 0 Å². The average molecular weight is 311 g/mol. The molecule has 4 nitrogen and oxygen atoms in total. The second-order valence-corrected chi connectivity index (χ2v) is 5.87. The average Bonchev–Trinajstić information content (AvgIpc) is 2.99. The van der Waals surface area contributed by atoms with Crippen molar-refractivity contribution in [1.29, 1.82) is 0 Å². The highest BCUT2D eigenvalue weighted by atomic mass is 35.5. The first kappa shape index (κ1) is 16.1. The predicted molar refractivity (Wildman–Crippen MR) is 85.9 cm³/mol. The monoisotopic (exact) mass is 310 g/mol. The summed E-state index contributed by atoms with van der Waals surface area (Å²) >= 11 is 5.73. The van der Waals surface area contributed by atoms with Crippen LogP contribution >= 0.6 is 11.6 Å². The van der Waals surface area contributed by atoms with Crippen molar-refractivity contribution in [1.82, 2.24) is 4.90 Å². The van der Waals surface area contributed by atoms with Gasteiger partial charge >= 0.3 is 0 Å². The van der Waals surface area contributed by atoms with Gasteiger partial charge in [-0.3, -0.25) is 4.79 Å². The maximum absolute atomic E-state index is 12.0. The number of hydrogen-bond donors (Lipinski definition) is 0. The van der Waals surface area contributed by atoms with Gasteiger partial charge in [0.25, 0.3) is 0 Å².